The smallest absolute Gasteiger partial charge is 0.251 e. The van der Waals surface area contributed by atoms with Crippen molar-refractivity contribution in [2.45, 2.75) is 18.0 Å². The van der Waals surface area contributed by atoms with Gasteiger partial charge in [0.05, 0.1) is 10.6 Å². The quantitative estimate of drug-likeness (QED) is 0.432. The molecule has 0 aliphatic rings. The molecule has 4 aromatic rings. The molecule has 0 aliphatic carbocycles. The molecule has 1 heterocycles. The fraction of sp³-hybridized carbons (Fsp3) is 0.0870. The fourth-order valence-corrected chi connectivity index (χ4v) is 4.12. The van der Waals surface area contributed by atoms with E-state index >= 15 is 0 Å². The summed E-state index contributed by atoms with van der Waals surface area (Å²) >= 11 is 0. The first kappa shape index (κ1) is 21.4. The molecule has 8 nitrogen and oxygen atoms in total. The van der Waals surface area contributed by atoms with E-state index in [4.69, 9.17) is 0 Å². The Morgan fingerprint density at radius 3 is 2.34 bits per heavy atom. The Kier molecular flexibility index (Phi) is 6.39. The Balaban J connectivity index is 1.38. The van der Waals surface area contributed by atoms with E-state index in [1.807, 2.05) is 54.6 Å². The number of rotatable bonds is 8. The summed E-state index contributed by atoms with van der Waals surface area (Å²) in [4.78, 5) is 16.5. The van der Waals surface area contributed by atoms with E-state index in [-0.39, 0.29) is 22.9 Å². The zero-order chi connectivity index (χ0) is 22.4. The Morgan fingerprint density at radius 2 is 1.62 bits per heavy atom. The Morgan fingerprint density at radius 1 is 0.875 bits per heavy atom. The van der Waals surface area contributed by atoms with Gasteiger partial charge in [-0.15, -0.1) is 0 Å². The SMILES string of the molecule is O=C(NCc1ccc(-n2cncn2)cc1)c1cccc(S(=O)(=O)NCc2ccccc2)c1. The topological polar surface area (TPSA) is 106 Å². The number of sulfonamides is 1. The van der Waals surface area contributed by atoms with Crippen LogP contribution in [0.3, 0.4) is 0 Å². The summed E-state index contributed by atoms with van der Waals surface area (Å²) in [6.07, 6.45) is 3.06. The molecule has 0 spiro atoms. The Hall–Kier alpha value is -3.82. The van der Waals surface area contributed by atoms with Crippen molar-refractivity contribution in [3.63, 3.8) is 0 Å². The van der Waals surface area contributed by atoms with Crippen molar-refractivity contribution in [2.75, 3.05) is 0 Å². The Bertz CT molecular complexity index is 1290. The van der Waals surface area contributed by atoms with Crippen LogP contribution in [-0.2, 0) is 23.1 Å². The first-order valence-electron chi connectivity index (χ1n) is 9.87. The largest absolute Gasteiger partial charge is 0.348 e. The molecule has 162 valence electrons. The summed E-state index contributed by atoms with van der Waals surface area (Å²) in [6, 6.07) is 22.7. The van der Waals surface area contributed by atoms with Crippen LogP contribution in [0.5, 0.6) is 0 Å². The van der Waals surface area contributed by atoms with Crippen LogP contribution in [0.2, 0.25) is 0 Å². The molecule has 1 aromatic heterocycles. The fourth-order valence-electron chi connectivity index (χ4n) is 3.05. The molecule has 0 saturated carbocycles. The molecule has 0 fully saturated rings. The second-order valence-electron chi connectivity index (χ2n) is 7.03. The predicted octanol–water partition coefficient (Wildman–Crippen LogP) is 2.68. The number of hydrogen-bond acceptors (Lipinski definition) is 5. The highest BCUT2D eigenvalue weighted by molar-refractivity contribution is 7.89. The standard InChI is InChI=1S/C23H21N5O3S/c29-23(25-14-19-9-11-21(12-10-19)28-17-24-16-26-28)20-7-4-8-22(13-20)32(30,31)27-15-18-5-2-1-3-6-18/h1-13,16-17,27H,14-15H2,(H,25,29). The van der Waals surface area contributed by atoms with Gasteiger partial charge in [-0.2, -0.15) is 5.10 Å². The highest BCUT2D eigenvalue weighted by atomic mass is 32.2. The molecule has 2 N–H and O–H groups in total. The number of benzene rings is 3. The average Bonchev–Trinajstić information content (AvgIpc) is 3.37. The minimum atomic E-state index is -3.75. The van der Waals surface area contributed by atoms with Gasteiger partial charge in [-0.25, -0.2) is 22.8 Å². The van der Waals surface area contributed by atoms with Crippen LogP contribution in [-0.4, -0.2) is 29.1 Å². The summed E-state index contributed by atoms with van der Waals surface area (Å²) in [5.74, 6) is -0.356. The highest BCUT2D eigenvalue weighted by Crippen LogP contribution is 2.13. The minimum absolute atomic E-state index is 0.0401. The lowest BCUT2D eigenvalue weighted by molar-refractivity contribution is 0.0950. The number of amides is 1. The van der Waals surface area contributed by atoms with E-state index in [9.17, 15) is 13.2 Å². The lowest BCUT2D eigenvalue weighted by Gasteiger charge is -2.10. The molecule has 0 atom stereocenters. The molecule has 3 aromatic carbocycles. The number of nitrogens with one attached hydrogen (secondary N) is 2. The van der Waals surface area contributed by atoms with Crippen LogP contribution in [0.4, 0.5) is 0 Å². The number of carbonyl (C=O) groups is 1. The minimum Gasteiger partial charge on any atom is -0.348 e. The van der Waals surface area contributed by atoms with Crippen LogP contribution >= 0.6 is 0 Å². The maximum Gasteiger partial charge on any atom is 0.251 e. The van der Waals surface area contributed by atoms with Gasteiger partial charge >= 0.3 is 0 Å². The molecular weight excluding hydrogens is 426 g/mol. The van der Waals surface area contributed by atoms with Gasteiger partial charge in [0, 0.05) is 18.7 Å². The first-order chi connectivity index (χ1) is 15.5. The monoisotopic (exact) mass is 447 g/mol. The number of carbonyl (C=O) groups excluding carboxylic acids is 1. The molecule has 4 rings (SSSR count). The summed E-state index contributed by atoms with van der Waals surface area (Å²) in [5, 5.41) is 6.89. The van der Waals surface area contributed by atoms with Crippen molar-refractivity contribution < 1.29 is 13.2 Å². The highest BCUT2D eigenvalue weighted by Gasteiger charge is 2.16. The van der Waals surface area contributed by atoms with Gasteiger partial charge in [0.15, 0.2) is 0 Å². The summed E-state index contributed by atoms with van der Waals surface area (Å²) in [5.41, 5.74) is 2.88. The van der Waals surface area contributed by atoms with E-state index in [1.54, 1.807) is 23.1 Å². The lowest BCUT2D eigenvalue weighted by Crippen LogP contribution is -2.25. The number of nitrogens with zero attached hydrogens (tertiary/aromatic N) is 3. The second kappa shape index (κ2) is 9.54. The van der Waals surface area contributed by atoms with Gasteiger partial charge < -0.3 is 5.32 Å². The van der Waals surface area contributed by atoms with E-state index in [2.05, 4.69) is 20.1 Å². The molecule has 0 aliphatic heterocycles. The van der Waals surface area contributed by atoms with Crippen LogP contribution < -0.4 is 10.0 Å². The van der Waals surface area contributed by atoms with Crippen molar-refractivity contribution in [1.29, 1.82) is 0 Å². The van der Waals surface area contributed by atoms with Gasteiger partial charge in [0.25, 0.3) is 5.91 Å². The van der Waals surface area contributed by atoms with Gasteiger partial charge in [0.1, 0.15) is 12.7 Å². The summed E-state index contributed by atoms with van der Waals surface area (Å²) < 4.78 is 29.5. The van der Waals surface area contributed by atoms with Crippen molar-refractivity contribution in [1.82, 2.24) is 24.8 Å². The normalized spacial score (nSPS) is 11.2. The Labute approximate surface area is 186 Å². The maximum atomic E-state index is 12.6. The van der Waals surface area contributed by atoms with E-state index in [1.165, 1.54) is 18.5 Å². The van der Waals surface area contributed by atoms with Crippen LogP contribution in [0.15, 0.2) is 96.4 Å². The lowest BCUT2D eigenvalue weighted by atomic mass is 10.2. The maximum absolute atomic E-state index is 12.6. The third-order valence-electron chi connectivity index (χ3n) is 4.79. The van der Waals surface area contributed by atoms with Crippen LogP contribution in [0, 0.1) is 0 Å². The van der Waals surface area contributed by atoms with Crippen LogP contribution in [0.1, 0.15) is 21.5 Å². The molecular formula is C23H21N5O3S. The van der Waals surface area contributed by atoms with E-state index < -0.39 is 10.0 Å². The molecule has 9 heteroatoms. The predicted molar refractivity (Wildman–Crippen MR) is 119 cm³/mol. The molecule has 0 unspecified atom stereocenters. The third-order valence-corrected chi connectivity index (χ3v) is 6.19. The van der Waals surface area contributed by atoms with E-state index in [0.29, 0.717) is 6.54 Å². The van der Waals surface area contributed by atoms with Crippen LogP contribution in [0.25, 0.3) is 5.69 Å². The van der Waals surface area contributed by atoms with Gasteiger partial charge in [-0.1, -0.05) is 48.5 Å². The van der Waals surface area contributed by atoms with E-state index in [0.717, 1.165) is 16.8 Å². The molecule has 0 bridgehead atoms. The first-order valence-corrected chi connectivity index (χ1v) is 11.4. The summed E-state index contributed by atoms with van der Waals surface area (Å²) in [6.45, 7) is 0.476. The zero-order valence-corrected chi connectivity index (χ0v) is 17.9. The third kappa shape index (κ3) is 5.26. The van der Waals surface area contributed by atoms with Crippen molar-refractivity contribution in [3.8, 4) is 5.69 Å². The molecule has 1 amide bonds. The average molecular weight is 448 g/mol. The molecule has 0 saturated heterocycles. The zero-order valence-electron chi connectivity index (χ0n) is 17.0. The van der Waals surface area contributed by atoms with Gasteiger partial charge in [-0.3, -0.25) is 4.79 Å². The second-order valence-corrected chi connectivity index (χ2v) is 8.79. The molecule has 0 radical (unpaired) electrons. The molecule has 32 heavy (non-hydrogen) atoms. The summed E-state index contributed by atoms with van der Waals surface area (Å²) in [7, 11) is -3.75. The van der Waals surface area contributed by atoms with Crippen molar-refractivity contribution in [2.24, 2.45) is 0 Å². The van der Waals surface area contributed by atoms with Gasteiger partial charge in [0.2, 0.25) is 10.0 Å². The number of hydrogen-bond donors (Lipinski definition) is 2. The van der Waals surface area contributed by atoms with Crippen molar-refractivity contribution in [3.05, 3.63) is 108 Å². The van der Waals surface area contributed by atoms with Crippen molar-refractivity contribution >= 4 is 15.9 Å². The number of aromatic nitrogens is 3. The van der Waals surface area contributed by atoms with Gasteiger partial charge in [-0.05, 0) is 41.5 Å².